The molecular formula is C16H21NO3. The molecule has 0 saturated heterocycles. The SMILES string of the molecule is Cc1cc(C)cc(N(C)C(=O)[C@H]2[C@@H](C(=O)O)C2(C)C)c1. The maximum atomic E-state index is 12.5. The Morgan fingerprint density at radius 1 is 1.10 bits per heavy atom. The van der Waals surface area contributed by atoms with Crippen LogP contribution < -0.4 is 4.90 Å². The summed E-state index contributed by atoms with van der Waals surface area (Å²) in [6.07, 6.45) is 0. The van der Waals surface area contributed by atoms with Gasteiger partial charge in [-0.15, -0.1) is 0 Å². The van der Waals surface area contributed by atoms with Crippen molar-refractivity contribution in [2.75, 3.05) is 11.9 Å². The number of rotatable bonds is 3. The molecule has 4 nitrogen and oxygen atoms in total. The number of carboxylic acid groups (broad SMARTS) is 1. The van der Waals surface area contributed by atoms with Crippen LogP contribution in [-0.2, 0) is 9.59 Å². The van der Waals surface area contributed by atoms with Gasteiger partial charge in [-0.2, -0.15) is 0 Å². The summed E-state index contributed by atoms with van der Waals surface area (Å²) in [5.41, 5.74) is 2.53. The lowest BCUT2D eigenvalue weighted by Gasteiger charge is -2.19. The predicted molar refractivity (Wildman–Crippen MR) is 77.7 cm³/mol. The highest BCUT2D eigenvalue weighted by Gasteiger charge is 2.66. The van der Waals surface area contributed by atoms with Crippen molar-refractivity contribution in [3.63, 3.8) is 0 Å². The predicted octanol–water partition coefficient (Wildman–Crippen LogP) is 2.62. The molecule has 1 N–H and O–H groups in total. The lowest BCUT2D eigenvalue weighted by Crippen LogP contribution is -2.30. The third-order valence-corrected chi connectivity index (χ3v) is 4.28. The third-order valence-electron chi connectivity index (χ3n) is 4.28. The third kappa shape index (κ3) is 2.30. The number of carbonyl (C=O) groups is 2. The minimum Gasteiger partial charge on any atom is -0.481 e. The Kier molecular flexibility index (Phi) is 3.36. The monoisotopic (exact) mass is 275 g/mol. The average Bonchev–Trinajstić information content (AvgIpc) is 2.89. The molecule has 2 rings (SSSR count). The van der Waals surface area contributed by atoms with Crippen molar-refractivity contribution in [1.29, 1.82) is 0 Å². The zero-order chi connectivity index (χ0) is 15.2. The Hall–Kier alpha value is -1.84. The first kappa shape index (κ1) is 14.6. The molecule has 4 heteroatoms. The summed E-state index contributed by atoms with van der Waals surface area (Å²) in [4.78, 5) is 25.3. The molecular weight excluding hydrogens is 254 g/mol. The van der Waals surface area contributed by atoms with Crippen LogP contribution in [0.2, 0.25) is 0 Å². The molecule has 1 aromatic rings. The van der Waals surface area contributed by atoms with E-state index in [9.17, 15) is 14.7 Å². The van der Waals surface area contributed by atoms with Gasteiger partial charge >= 0.3 is 5.97 Å². The van der Waals surface area contributed by atoms with Crippen molar-refractivity contribution >= 4 is 17.6 Å². The highest BCUT2D eigenvalue weighted by Crippen LogP contribution is 2.59. The highest BCUT2D eigenvalue weighted by atomic mass is 16.4. The number of carbonyl (C=O) groups excluding carboxylic acids is 1. The van der Waals surface area contributed by atoms with Crippen molar-refractivity contribution in [3.05, 3.63) is 29.3 Å². The van der Waals surface area contributed by atoms with Crippen LogP contribution in [0.5, 0.6) is 0 Å². The number of anilines is 1. The van der Waals surface area contributed by atoms with Crippen molar-refractivity contribution in [2.24, 2.45) is 17.3 Å². The molecule has 108 valence electrons. The van der Waals surface area contributed by atoms with E-state index in [1.165, 1.54) is 0 Å². The average molecular weight is 275 g/mol. The van der Waals surface area contributed by atoms with Crippen LogP contribution in [0.1, 0.15) is 25.0 Å². The number of aryl methyl sites for hydroxylation is 2. The Morgan fingerprint density at radius 2 is 1.60 bits per heavy atom. The number of benzene rings is 1. The standard InChI is InChI=1S/C16H21NO3/c1-9-6-10(2)8-11(7-9)17(5)14(18)12-13(15(19)20)16(12,3)4/h6-8,12-13H,1-5H3,(H,19,20)/t12-,13+/m1/s1. The summed E-state index contributed by atoms with van der Waals surface area (Å²) >= 11 is 0. The van der Waals surface area contributed by atoms with Crippen molar-refractivity contribution in [1.82, 2.24) is 0 Å². The molecule has 1 fully saturated rings. The number of hydrogen-bond donors (Lipinski definition) is 1. The second-order valence-electron chi connectivity index (χ2n) is 6.36. The second-order valence-corrected chi connectivity index (χ2v) is 6.36. The van der Waals surface area contributed by atoms with E-state index in [0.29, 0.717) is 0 Å². The lowest BCUT2D eigenvalue weighted by molar-refractivity contribution is -0.140. The summed E-state index contributed by atoms with van der Waals surface area (Å²) in [5, 5.41) is 9.18. The van der Waals surface area contributed by atoms with E-state index in [0.717, 1.165) is 16.8 Å². The molecule has 20 heavy (non-hydrogen) atoms. The van der Waals surface area contributed by atoms with Gasteiger partial charge in [-0.1, -0.05) is 19.9 Å². The molecule has 0 heterocycles. The molecule has 1 saturated carbocycles. The largest absolute Gasteiger partial charge is 0.481 e. The van der Waals surface area contributed by atoms with Gasteiger partial charge in [-0.05, 0) is 42.5 Å². The highest BCUT2D eigenvalue weighted by molar-refractivity contribution is 6.01. The molecule has 1 aliphatic carbocycles. The van der Waals surface area contributed by atoms with Crippen molar-refractivity contribution < 1.29 is 14.7 Å². The molecule has 2 atom stereocenters. The smallest absolute Gasteiger partial charge is 0.307 e. The molecule has 0 bridgehead atoms. The van der Waals surface area contributed by atoms with Gasteiger partial charge in [-0.3, -0.25) is 9.59 Å². The summed E-state index contributed by atoms with van der Waals surface area (Å²) in [6.45, 7) is 7.64. The van der Waals surface area contributed by atoms with Crippen LogP contribution in [0.3, 0.4) is 0 Å². The Balaban J connectivity index is 2.24. The van der Waals surface area contributed by atoms with Gasteiger partial charge in [0, 0.05) is 12.7 Å². The van der Waals surface area contributed by atoms with Crippen LogP contribution in [0.4, 0.5) is 5.69 Å². The van der Waals surface area contributed by atoms with Crippen LogP contribution in [0, 0.1) is 31.1 Å². The van der Waals surface area contributed by atoms with Crippen LogP contribution >= 0.6 is 0 Å². The van der Waals surface area contributed by atoms with Crippen molar-refractivity contribution in [3.8, 4) is 0 Å². The van der Waals surface area contributed by atoms with Crippen molar-refractivity contribution in [2.45, 2.75) is 27.7 Å². The molecule has 1 amide bonds. The Labute approximate surface area is 119 Å². The molecule has 0 aromatic heterocycles. The summed E-state index contributed by atoms with van der Waals surface area (Å²) < 4.78 is 0. The zero-order valence-corrected chi connectivity index (χ0v) is 12.6. The van der Waals surface area contributed by atoms with Gasteiger partial charge in [0.25, 0.3) is 0 Å². The van der Waals surface area contributed by atoms with E-state index in [2.05, 4.69) is 0 Å². The molecule has 1 aromatic carbocycles. The second kappa shape index (κ2) is 4.62. The number of hydrogen-bond acceptors (Lipinski definition) is 2. The van der Waals surface area contributed by atoms with Gasteiger partial charge in [0.05, 0.1) is 11.8 Å². The number of aliphatic carboxylic acids is 1. The maximum Gasteiger partial charge on any atom is 0.307 e. The van der Waals surface area contributed by atoms with Gasteiger partial charge in [0.2, 0.25) is 5.91 Å². The van der Waals surface area contributed by atoms with Crippen LogP contribution in [-0.4, -0.2) is 24.0 Å². The van der Waals surface area contributed by atoms with Crippen LogP contribution in [0.15, 0.2) is 18.2 Å². The Morgan fingerprint density at radius 3 is 2.00 bits per heavy atom. The minimum atomic E-state index is -0.887. The Bertz CT molecular complexity index is 557. The number of nitrogens with zero attached hydrogens (tertiary/aromatic N) is 1. The van der Waals surface area contributed by atoms with E-state index in [1.54, 1.807) is 11.9 Å². The molecule has 0 aliphatic heterocycles. The maximum absolute atomic E-state index is 12.5. The molecule has 0 radical (unpaired) electrons. The van der Waals surface area contributed by atoms with Gasteiger partial charge in [0.15, 0.2) is 0 Å². The summed E-state index contributed by atoms with van der Waals surface area (Å²) in [6, 6.07) is 5.93. The molecule has 0 unspecified atom stereocenters. The minimum absolute atomic E-state index is 0.118. The first-order valence-electron chi connectivity index (χ1n) is 6.75. The van der Waals surface area contributed by atoms with E-state index in [4.69, 9.17) is 0 Å². The van der Waals surface area contributed by atoms with Gasteiger partial charge in [0.1, 0.15) is 0 Å². The molecule has 1 aliphatic rings. The normalized spacial score (nSPS) is 23.2. The van der Waals surface area contributed by atoms with Crippen LogP contribution in [0.25, 0.3) is 0 Å². The number of carboxylic acids is 1. The first-order chi connectivity index (χ1) is 9.16. The topological polar surface area (TPSA) is 57.6 Å². The van der Waals surface area contributed by atoms with Gasteiger partial charge in [-0.25, -0.2) is 0 Å². The van der Waals surface area contributed by atoms with E-state index in [-0.39, 0.29) is 5.91 Å². The first-order valence-corrected chi connectivity index (χ1v) is 6.75. The quantitative estimate of drug-likeness (QED) is 0.922. The summed E-state index contributed by atoms with van der Waals surface area (Å²) in [7, 11) is 1.71. The summed E-state index contributed by atoms with van der Waals surface area (Å²) in [5.74, 6) is -2.02. The zero-order valence-electron chi connectivity index (χ0n) is 12.6. The van der Waals surface area contributed by atoms with E-state index >= 15 is 0 Å². The fourth-order valence-electron chi connectivity index (χ4n) is 3.04. The lowest BCUT2D eigenvalue weighted by atomic mass is 10.1. The van der Waals surface area contributed by atoms with Gasteiger partial charge < -0.3 is 10.0 Å². The fourth-order valence-corrected chi connectivity index (χ4v) is 3.04. The molecule has 0 spiro atoms. The number of amides is 1. The van der Waals surface area contributed by atoms with E-state index in [1.807, 2.05) is 45.9 Å². The van der Waals surface area contributed by atoms with E-state index < -0.39 is 23.2 Å². The fraction of sp³-hybridized carbons (Fsp3) is 0.500.